The van der Waals surface area contributed by atoms with Gasteiger partial charge in [0.15, 0.2) is 5.78 Å². The summed E-state index contributed by atoms with van der Waals surface area (Å²) < 4.78 is 5.34. The van der Waals surface area contributed by atoms with E-state index in [1.54, 1.807) is 12.3 Å². The molecule has 0 N–H and O–H groups in total. The fourth-order valence-corrected chi connectivity index (χ4v) is 3.27. The molecule has 2 aromatic rings. The van der Waals surface area contributed by atoms with Crippen LogP contribution in [0, 0.1) is 6.92 Å². The Balaban J connectivity index is 2.08. The summed E-state index contributed by atoms with van der Waals surface area (Å²) in [7, 11) is 0. The van der Waals surface area contributed by atoms with Crippen LogP contribution < -0.4 is 0 Å². The summed E-state index contributed by atoms with van der Waals surface area (Å²) in [6.07, 6.45) is 3.89. The first-order chi connectivity index (χ1) is 10.0. The zero-order valence-electron chi connectivity index (χ0n) is 11.8. The average Bonchev–Trinajstić information content (AvgIpc) is 3.15. The van der Waals surface area contributed by atoms with Crippen LogP contribution in [0.1, 0.15) is 58.5 Å². The highest BCUT2D eigenvalue weighted by atomic mass is 35.5. The Morgan fingerprint density at radius 3 is 2.71 bits per heavy atom. The molecule has 0 bridgehead atoms. The zero-order chi connectivity index (χ0) is 15.1. The van der Waals surface area contributed by atoms with Crippen LogP contribution >= 0.6 is 23.8 Å². The van der Waals surface area contributed by atoms with Gasteiger partial charge in [0.05, 0.1) is 21.6 Å². The maximum Gasteiger partial charge on any atom is 0.161 e. The van der Waals surface area contributed by atoms with Gasteiger partial charge in [-0.2, -0.15) is 0 Å². The number of carbonyl (C=O) groups excluding carboxylic acids is 1. The second-order valence-electron chi connectivity index (χ2n) is 5.36. The molecular formula is C16H14ClNO2S. The number of ketones is 1. The average molecular weight is 320 g/mol. The van der Waals surface area contributed by atoms with Gasteiger partial charge in [-0.15, -0.1) is 0 Å². The van der Waals surface area contributed by atoms with Crippen molar-refractivity contribution >= 4 is 34.5 Å². The molecule has 0 atom stereocenters. The van der Waals surface area contributed by atoms with Crippen LogP contribution in [0.25, 0.3) is 0 Å². The summed E-state index contributed by atoms with van der Waals surface area (Å²) in [5, 5.41) is 4.34. The molecule has 1 fully saturated rings. The van der Waals surface area contributed by atoms with Crippen molar-refractivity contribution in [3.05, 3.63) is 51.4 Å². The zero-order valence-corrected chi connectivity index (χ0v) is 13.3. The van der Waals surface area contributed by atoms with Crippen LogP contribution in [0.15, 0.2) is 22.9 Å². The van der Waals surface area contributed by atoms with Crippen molar-refractivity contribution < 1.29 is 9.32 Å². The molecular weight excluding hydrogens is 306 g/mol. The van der Waals surface area contributed by atoms with E-state index in [-0.39, 0.29) is 5.78 Å². The third kappa shape index (κ3) is 2.54. The molecule has 1 aromatic carbocycles. The van der Waals surface area contributed by atoms with Crippen LogP contribution in [-0.4, -0.2) is 15.8 Å². The molecule has 0 unspecified atom stereocenters. The van der Waals surface area contributed by atoms with Gasteiger partial charge in [0.1, 0.15) is 5.76 Å². The molecule has 1 saturated carbocycles. The molecule has 0 spiro atoms. The largest absolute Gasteiger partial charge is 0.360 e. The van der Waals surface area contributed by atoms with E-state index in [0.29, 0.717) is 21.4 Å². The van der Waals surface area contributed by atoms with Crippen molar-refractivity contribution in [3.8, 4) is 0 Å². The molecule has 3 nitrogen and oxygen atoms in total. The number of benzene rings is 1. The Hall–Kier alpha value is -1.52. The van der Waals surface area contributed by atoms with Crippen LogP contribution in [0.4, 0.5) is 0 Å². The lowest BCUT2D eigenvalue weighted by molar-refractivity contribution is 0.101. The monoisotopic (exact) mass is 319 g/mol. The highest BCUT2D eigenvalue weighted by molar-refractivity contribution is 7.81. The van der Waals surface area contributed by atoms with Gasteiger partial charge >= 0.3 is 0 Å². The van der Waals surface area contributed by atoms with E-state index in [1.807, 2.05) is 13.0 Å². The lowest BCUT2D eigenvalue weighted by atomic mass is 9.94. The molecule has 108 valence electrons. The fraction of sp³-hybridized carbons (Fsp3) is 0.312. The minimum absolute atomic E-state index is 0.0603. The Morgan fingerprint density at radius 1 is 1.38 bits per heavy atom. The van der Waals surface area contributed by atoms with Crippen molar-refractivity contribution in [2.45, 2.75) is 32.6 Å². The highest BCUT2D eigenvalue weighted by Crippen LogP contribution is 2.42. The van der Waals surface area contributed by atoms with Crippen molar-refractivity contribution in [1.82, 2.24) is 5.16 Å². The molecule has 1 aromatic heterocycles. The maximum atomic E-state index is 11.8. The minimum atomic E-state index is -0.0603. The van der Waals surface area contributed by atoms with Gasteiger partial charge in [-0.25, -0.2) is 0 Å². The number of hydrogen-bond donors (Lipinski definition) is 0. The number of aromatic nitrogens is 1. The van der Waals surface area contributed by atoms with Crippen LogP contribution in [0.2, 0.25) is 5.02 Å². The number of hydrogen-bond acceptors (Lipinski definition) is 4. The maximum absolute atomic E-state index is 11.8. The number of halogens is 1. The van der Waals surface area contributed by atoms with E-state index in [1.165, 1.54) is 6.92 Å². The van der Waals surface area contributed by atoms with Crippen LogP contribution in [0.3, 0.4) is 0 Å². The first kappa shape index (κ1) is 14.4. The third-order valence-electron chi connectivity index (χ3n) is 3.80. The Morgan fingerprint density at radius 2 is 2.10 bits per heavy atom. The van der Waals surface area contributed by atoms with Crippen molar-refractivity contribution in [3.63, 3.8) is 0 Å². The summed E-state index contributed by atoms with van der Waals surface area (Å²) in [5.41, 5.74) is 3.03. The second-order valence-corrected chi connectivity index (χ2v) is 6.17. The number of nitrogens with zero attached hydrogens (tertiary/aromatic N) is 1. The Kier molecular flexibility index (Phi) is 3.68. The Labute approximate surface area is 133 Å². The van der Waals surface area contributed by atoms with Gasteiger partial charge < -0.3 is 4.52 Å². The predicted molar refractivity (Wildman–Crippen MR) is 85.5 cm³/mol. The van der Waals surface area contributed by atoms with Crippen molar-refractivity contribution in [2.75, 3.05) is 0 Å². The van der Waals surface area contributed by atoms with Crippen molar-refractivity contribution in [1.29, 1.82) is 0 Å². The third-order valence-corrected chi connectivity index (χ3v) is 4.56. The van der Waals surface area contributed by atoms with E-state index in [9.17, 15) is 4.79 Å². The van der Waals surface area contributed by atoms with Gasteiger partial charge in [-0.3, -0.25) is 4.79 Å². The summed E-state index contributed by atoms with van der Waals surface area (Å²) >= 11 is 11.7. The van der Waals surface area contributed by atoms with E-state index in [0.717, 1.165) is 35.3 Å². The second kappa shape index (κ2) is 5.35. The van der Waals surface area contributed by atoms with E-state index in [4.69, 9.17) is 28.3 Å². The molecule has 1 heterocycles. The number of thiocarbonyl (C=S) groups is 1. The number of carbonyl (C=O) groups is 1. The van der Waals surface area contributed by atoms with Gasteiger partial charge in [0.2, 0.25) is 0 Å². The fourth-order valence-electron chi connectivity index (χ4n) is 2.56. The lowest BCUT2D eigenvalue weighted by Gasteiger charge is -2.12. The van der Waals surface area contributed by atoms with E-state index >= 15 is 0 Å². The molecule has 5 heteroatoms. The molecule has 21 heavy (non-hydrogen) atoms. The molecule has 1 aliphatic carbocycles. The van der Waals surface area contributed by atoms with Gasteiger partial charge in [0, 0.05) is 11.5 Å². The van der Waals surface area contributed by atoms with Gasteiger partial charge in [0.25, 0.3) is 0 Å². The van der Waals surface area contributed by atoms with Crippen molar-refractivity contribution in [2.24, 2.45) is 0 Å². The summed E-state index contributed by atoms with van der Waals surface area (Å²) in [4.78, 5) is 12.4. The highest BCUT2D eigenvalue weighted by Gasteiger charge is 2.32. The normalized spacial score (nSPS) is 14.2. The summed E-state index contributed by atoms with van der Waals surface area (Å²) in [6, 6.07) is 3.58. The molecule has 1 aliphatic rings. The molecule has 0 saturated heterocycles. The van der Waals surface area contributed by atoms with E-state index < -0.39 is 0 Å². The predicted octanol–water partition coefficient (Wildman–Crippen LogP) is 4.48. The molecule has 3 rings (SSSR count). The van der Waals surface area contributed by atoms with Gasteiger partial charge in [-0.1, -0.05) is 35.0 Å². The topological polar surface area (TPSA) is 43.1 Å². The number of rotatable bonds is 4. The first-order valence-corrected chi connectivity index (χ1v) is 7.58. The molecule has 0 amide bonds. The molecule has 0 radical (unpaired) electrons. The minimum Gasteiger partial charge on any atom is -0.360 e. The smallest absolute Gasteiger partial charge is 0.161 e. The summed E-state index contributed by atoms with van der Waals surface area (Å²) in [5.74, 6) is 1.23. The van der Waals surface area contributed by atoms with E-state index in [2.05, 4.69) is 5.16 Å². The van der Waals surface area contributed by atoms with Crippen LogP contribution in [0.5, 0.6) is 0 Å². The quantitative estimate of drug-likeness (QED) is 0.615. The molecule has 0 aliphatic heterocycles. The first-order valence-electron chi connectivity index (χ1n) is 6.80. The Bertz CT molecular complexity index is 747. The van der Waals surface area contributed by atoms with Gasteiger partial charge in [-0.05, 0) is 43.9 Å². The van der Waals surface area contributed by atoms with Crippen LogP contribution in [-0.2, 0) is 0 Å². The number of Topliss-reactive ketones (excluding diaryl/α,β-unsaturated/α-hetero) is 1. The lowest BCUT2D eigenvalue weighted by Crippen LogP contribution is -2.08. The summed E-state index contributed by atoms with van der Waals surface area (Å²) in [6.45, 7) is 3.38. The SMILES string of the molecule is CC(=O)c1c(Cl)ccc(C(=S)c2cnoc2C2CC2)c1C. The standard InChI is InChI=1S/C16H14ClNO2S/c1-8-11(5-6-13(17)14(8)9(2)19)16(21)12-7-18-20-15(12)10-3-4-10/h5-7,10H,3-4H2,1-2H3.